The van der Waals surface area contributed by atoms with Crippen LogP contribution >= 0.6 is 27.3 Å². The van der Waals surface area contributed by atoms with E-state index in [1.807, 2.05) is 24.3 Å². The molecule has 0 radical (unpaired) electrons. The SMILES string of the molecule is O=C(COc1ccc(C(F)(F)F)cc1)c1sc2ccccc2c1Br. The van der Waals surface area contributed by atoms with Crippen molar-refractivity contribution >= 4 is 43.1 Å². The molecule has 3 rings (SSSR count). The minimum atomic E-state index is -4.39. The average molecular weight is 415 g/mol. The summed E-state index contributed by atoms with van der Waals surface area (Å²) in [6.45, 7) is -0.239. The van der Waals surface area contributed by atoms with Crippen molar-refractivity contribution in [2.75, 3.05) is 6.61 Å². The number of alkyl halides is 3. The summed E-state index contributed by atoms with van der Waals surface area (Å²) in [7, 11) is 0. The topological polar surface area (TPSA) is 26.3 Å². The zero-order chi connectivity index (χ0) is 17.3. The van der Waals surface area contributed by atoms with Crippen LogP contribution in [0.25, 0.3) is 10.1 Å². The Labute approximate surface area is 148 Å². The summed E-state index contributed by atoms with van der Waals surface area (Å²) in [6.07, 6.45) is -4.39. The maximum atomic E-state index is 12.5. The van der Waals surface area contributed by atoms with Gasteiger partial charge in [-0.2, -0.15) is 13.2 Å². The lowest BCUT2D eigenvalue weighted by molar-refractivity contribution is -0.137. The summed E-state index contributed by atoms with van der Waals surface area (Å²) >= 11 is 4.77. The fraction of sp³-hybridized carbons (Fsp3) is 0.118. The van der Waals surface area contributed by atoms with Crippen molar-refractivity contribution in [3.05, 3.63) is 63.4 Å². The highest BCUT2D eigenvalue weighted by Crippen LogP contribution is 2.36. The van der Waals surface area contributed by atoms with Crippen LogP contribution in [0.2, 0.25) is 0 Å². The molecule has 0 aliphatic carbocycles. The number of ketones is 1. The first-order chi connectivity index (χ1) is 11.4. The van der Waals surface area contributed by atoms with Crippen LogP contribution in [0.5, 0.6) is 5.75 Å². The second-order valence-electron chi connectivity index (χ2n) is 4.98. The molecule has 7 heteroatoms. The maximum absolute atomic E-state index is 12.5. The van der Waals surface area contributed by atoms with Crippen LogP contribution < -0.4 is 4.74 Å². The van der Waals surface area contributed by atoms with Gasteiger partial charge in [0.05, 0.1) is 10.4 Å². The third-order valence-corrected chi connectivity index (χ3v) is 5.64. The van der Waals surface area contributed by atoms with E-state index in [1.165, 1.54) is 23.5 Å². The van der Waals surface area contributed by atoms with Crippen LogP contribution in [0.3, 0.4) is 0 Å². The molecule has 0 saturated carbocycles. The third-order valence-electron chi connectivity index (χ3n) is 3.34. The van der Waals surface area contributed by atoms with E-state index in [0.29, 0.717) is 9.35 Å². The summed E-state index contributed by atoms with van der Waals surface area (Å²) in [4.78, 5) is 12.8. The number of ether oxygens (including phenoxy) is 1. The molecule has 0 spiro atoms. The molecule has 0 amide bonds. The molecular formula is C17H10BrF3O2S. The van der Waals surface area contributed by atoms with E-state index in [0.717, 1.165) is 22.2 Å². The Morgan fingerprint density at radius 1 is 1.08 bits per heavy atom. The van der Waals surface area contributed by atoms with Gasteiger partial charge in [0.2, 0.25) is 5.78 Å². The summed E-state index contributed by atoms with van der Waals surface area (Å²) in [5.74, 6) is -0.0171. The molecule has 3 aromatic rings. The number of thiophene rings is 1. The van der Waals surface area contributed by atoms with Crippen LogP contribution in [0, 0.1) is 0 Å². The van der Waals surface area contributed by atoms with Crippen molar-refractivity contribution in [2.24, 2.45) is 0 Å². The molecule has 0 atom stereocenters. The summed E-state index contributed by atoms with van der Waals surface area (Å²) in [5, 5.41) is 0.945. The van der Waals surface area contributed by atoms with E-state index in [1.54, 1.807) is 0 Å². The lowest BCUT2D eigenvalue weighted by Crippen LogP contribution is -2.11. The van der Waals surface area contributed by atoms with Crippen molar-refractivity contribution in [1.29, 1.82) is 0 Å². The maximum Gasteiger partial charge on any atom is 0.416 e. The number of rotatable bonds is 4. The molecule has 0 unspecified atom stereocenters. The fourth-order valence-electron chi connectivity index (χ4n) is 2.15. The van der Waals surface area contributed by atoms with Crippen LogP contribution in [-0.4, -0.2) is 12.4 Å². The normalized spacial score (nSPS) is 11.7. The Bertz CT molecular complexity index is 885. The van der Waals surface area contributed by atoms with E-state index < -0.39 is 11.7 Å². The smallest absolute Gasteiger partial charge is 0.416 e. The summed E-state index contributed by atoms with van der Waals surface area (Å²) < 4.78 is 44.5. The number of benzene rings is 2. The van der Waals surface area contributed by atoms with Gasteiger partial charge in [-0.3, -0.25) is 4.79 Å². The summed E-state index contributed by atoms with van der Waals surface area (Å²) in [5.41, 5.74) is -0.756. The van der Waals surface area contributed by atoms with E-state index in [9.17, 15) is 18.0 Å². The largest absolute Gasteiger partial charge is 0.485 e. The molecule has 1 aromatic heterocycles. The molecular weight excluding hydrogens is 405 g/mol. The predicted octanol–water partition coefficient (Wildman–Crippen LogP) is 5.94. The van der Waals surface area contributed by atoms with Crippen LogP contribution in [-0.2, 0) is 6.18 Å². The van der Waals surface area contributed by atoms with Gasteiger partial charge in [0.1, 0.15) is 5.75 Å². The van der Waals surface area contributed by atoms with Gasteiger partial charge in [-0.1, -0.05) is 18.2 Å². The van der Waals surface area contributed by atoms with E-state index in [-0.39, 0.29) is 18.1 Å². The van der Waals surface area contributed by atoms with Crippen molar-refractivity contribution in [3.63, 3.8) is 0 Å². The van der Waals surface area contributed by atoms with Gasteiger partial charge < -0.3 is 4.74 Å². The Hall–Kier alpha value is -1.86. The van der Waals surface area contributed by atoms with E-state index in [2.05, 4.69) is 15.9 Å². The first kappa shape index (κ1) is 17.0. The van der Waals surface area contributed by atoms with Crippen LogP contribution in [0.15, 0.2) is 53.0 Å². The first-order valence-electron chi connectivity index (χ1n) is 6.86. The molecule has 0 aliphatic heterocycles. The highest BCUT2D eigenvalue weighted by atomic mass is 79.9. The van der Waals surface area contributed by atoms with Crippen LogP contribution in [0.4, 0.5) is 13.2 Å². The lowest BCUT2D eigenvalue weighted by atomic mass is 10.2. The molecule has 0 bridgehead atoms. The van der Waals surface area contributed by atoms with Crippen molar-refractivity contribution in [3.8, 4) is 5.75 Å². The molecule has 0 N–H and O–H groups in total. The highest BCUT2D eigenvalue weighted by molar-refractivity contribution is 9.10. The van der Waals surface area contributed by atoms with Crippen molar-refractivity contribution < 1.29 is 22.7 Å². The number of hydrogen-bond acceptors (Lipinski definition) is 3. The Balaban J connectivity index is 1.72. The van der Waals surface area contributed by atoms with Gasteiger partial charge in [-0.25, -0.2) is 0 Å². The number of fused-ring (bicyclic) bond motifs is 1. The molecule has 1 heterocycles. The minimum absolute atomic E-state index is 0.216. The molecule has 2 nitrogen and oxygen atoms in total. The second-order valence-corrected chi connectivity index (χ2v) is 6.82. The zero-order valence-electron chi connectivity index (χ0n) is 12.1. The van der Waals surface area contributed by atoms with Gasteiger partial charge in [0.15, 0.2) is 6.61 Å². The number of hydrogen-bond donors (Lipinski definition) is 0. The number of carbonyl (C=O) groups is 1. The fourth-order valence-corrected chi connectivity index (χ4v) is 4.11. The molecule has 0 aliphatic rings. The standard InChI is InChI=1S/C17H10BrF3O2S/c18-15-12-3-1-2-4-14(12)24-16(15)13(22)9-23-11-7-5-10(6-8-11)17(19,20)21/h1-8H,9H2. The number of Topliss-reactive ketones (excluding diaryl/α,β-unsaturated/α-hetero) is 1. The van der Waals surface area contributed by atoms with Gasteiger partial charge >= 0.3 is 6.18 Å². The second kappa shape index (κ2) is 6.57. The Morgan fingerprint density at radius 3 is 2.38 bits per heavy atom. The van der Waals surface area contributed by atoms with Gasteiger partial charge in [-0.15, -0.1) is 11.3 Å². The molecule has 2 aromatic carbocycles. The number of halogens is 4. The zero-order valence-corrected chi connectivity index (χ0v) is 14.5. The molecule has 124 valence electrons. The summed E-state index contributed by atoms with van der Waals surface area (Å²) in [6, 6.07) is 11.9. The quantitative estimate of drug-likeness (QED) is 0.493. The monoisotopic (exact) mass is 414 g/mol. The third kappa shape index (κ3) is 3.47. The Kier molecular flexibility index (Phi) is 4.64. The van der Waals surface area contributed by atoms with Gasteiger partial charge in [-0.05, 0) is 46.3 Å². The Morgan fingerprint density at radius 2 is 1.75 bits per heavy atom. The number of carbonyl (C=O) groups excluding carboxylic acids is 1. The highest BCUT2D eigenvalue weighted by Gasteiger charge is 2.30. The van der Waals surface area contributed by atoms with Gasteiger partial charge in [0, 0.05) is 14.6 Å². The molecule has 0 saturated heterocycles. The average Bonchev–Trinajstić information content (AvgIpc) is 2.90. The van der Waals surface area contributed by atoms with Crippen molar-refractivity contribution in [1.82, 2.24) is 0 Å². The predicted molar refractivity (Wildman–Crippen MR) is 90.8 cm³/mol. The van der Waals surface area contributed by atoms with E-state index in [4.69, 9.17) is 4.74 Å². The van der Waals surface area contributed by atoms with E-state index >= 15 is 0 Å². The molecule has 0 fully saturated rings. The lowest BCUT2D eigenvalue weighted by Gasteiger charge is -2.08. The van der Waals surface area contributed by atoms with Crippen LogP contribution in [0.1, 0.15) is 15.2 Å². The van der Waals surface area contributed by atoms with Gasteiger partial charge in [0.25, 0.3) is 0 Å². The van der Waals surface area contributed by atoms with Crippen molar-refractivity contribution in [2.45, 2.75) is 6.18 Å². The molecule has 24 heavy (non-hydrogen) atoms. The minimum Gasteiger partial charge on any atom is -0.485 e. The first-order valence-corrected chi connectivity index (χ1v) is 8.47.